The molecule has 1 fully saturated rings. The quantitative estimate of drug-likeness (QED) is 0.545. The molecule has 0 radical (unpaired) electrons. The molecule has 3 aromatic rings. The molecule has 5 heteroatoms. The SMILES string of the molecule is O=C(CCc1nc2ccccc2n1-c1ccccc1)NCCCOCC1CC1. The molecule has 1 saturated carbocycles. The molecule has 0 spiro atoms. The largest absolute Gasteiger partial charge is 0.381 e. The van der Waals surface area contributed by atoms with Crippen LogP contribution in [-0.4, -0.2) is 35.2 Å². The van der Waals surface area contributed by atoms with Gasteiger partial charge in [-0.3, -0.25) is 9.36 Å². The van der Waals surface area contributed by atoms with E-state index < -0.39 is 0 Å². The van der Waals surface area contributed by atoms with Crippen molar-refractivity contribution < 1.29 is 9.53 Å². The van der Waals surface area contributed by atoms with Crippen LogP contribution in [0.25, 0.3) is 16.7 Å². The summed E-state index contributed by atoms with van der Waals surface area (Å²) < 4.78 is 7.75. The standard InChI is InChI=1S/C23H27N3O2/c27-23(24-15-6-16-28-17-18-11-12-18)14-13-22-25-20-9-4-5-10-21(20)26(22)19-7-2-1-3-8-19/h1-5,7-10,18H,6,11-17H2,(H,24,27). The van der Waals surface area contributed by atoms with Crippen LogP contribution >= 0.6 is 0 Å². The Morgan fingerprint density at radius 3 is 2.71 bits per heavy atom. The van der Waals surface area contributed by atoms with Crippen LogP contribution in [0.5, 0.6) is 0 Å². The molecule has 146 valence electrons. The third kappa shape index (κ3) is 4.78. The number of hydrogen-bond donors (Lipinski definition) is 1. The first-order valence-corrected chi connectivity index (χ1v) is 10.2. The van der Waals surface area contributed by atoms with Crippen LogP contribution in [0.2, 0.25) is 0 Å². The van der Waals surface area contributed by atoms with Crippen LogP contribution < -0.4 is 5.32 Å². The Labute approximate surface area is 165 Å². The van der Waals surface area contributed by atoms with Crippen molar-refractivity contribution in [1.82, 2.24) is 14.9 Å². The van der Waals surface area contributed by atoms with Gasteiger partial charge in [0.25, 0.3) is 0 Å². The molecule has 0 unspecified atom stereocenters. The van der Waals surface area contributed by atoms with E-state index in [9.17, 15) is 4.79 Å². The Morgan fingerprint density at radius 2 is 1.89 bits per heavy atom. The number of hydrogen-bond acceptors (Lipinski definition) is 3. The van der Waals surface area contributed by atoms with E-state index in [1.165, 1.54) is 12.8 Å². The number of fused-ring (bicyclic) bond motifs is 1. The number of carbonyl (C=O) groups excluding carboxylic acids is 1. The zero-order valence-corrected chi connectivity index (χ0v) is 16.1. The lowest BCUT2D eigenvalue weighted by Crippen LogP contribution is -2.25. The highest BCUT2D eigenvalue weighted by Gasteiger charge is 2.20. The summed E-state index contributed by atoms with van der Waals surface area (Å²) >= 11 is 0. The van der Waals surface area contributed by atoms with Crippen molar-refractivity contribution in [3.8, 4) is 5.69 Å². The molecule has 0 aliphatic heterocycles. The maximum Gasteiger partial charge on any atom is 0.220 e. The second kappa shape index (κ2) is 9.02. The van der Waals surface area contributed by atoms with Gasteiger partial charge < -0.3 is 10.1 Å². The van der Waals surface area contributed by atoms with E-state index >= 15 is 0 Å². The second-order valence-corrected chi connectivity index (χ2v) is 7.41. The molecular formula is C23H27N3O2. The number of ether oxygens (including phenoxy) is 1. The average Bonchev–Trinajstić information content (AvgIpc) is 3.48. The van der Waals surface area contributed by atoms with Gasteiger partial charge in [0.1, 0.15) is 5.82 Å². The fraction of sp³-hybridized carbons (Fsp3) is 0.391. The fourth-order valence-electron chi connectivity index (χ4n) is 3.36. The summed E-state index contributed by atoms with van der Waals surface area (Å²) in [7, 11) is 0. The molecule has 1 N–H and O–H groups in total. The first-order valence-electron chi connectivity index (χ1n) is 10.2. The smallest absolute Gasteiger partial charge is 0.220 e. The van der Waals surface area contributed by atoms with E-state index in [4.69, 9.17) is 9.72 Å². The Morgan fingerprint density at radius 1 is 1.11 bits per heavy atom. The van der Waals surface area contributed by atoms with E-state index in [-0.39, 0.29) is 5.91 Å². The third-order valence-electron chi connectivity index (χ3n) is 5.06. The van der Waals surface area contributed by atoms with Gasteiger partial charge in [0, 0.05) is 38.3 Å². The van der Waals surface area contributed by atoms with Gasteiger partial charge in [-0.1, -0.05) is 30.3 Å². The normalized spacial score (nSPS) is 13.7. The number of para-hydroxylation sites is 3. The van der Waals surface area contributed by atoms with Gasteiger partial charge in [-0.25, -0.2) is 4.98 Å². The lowest BCUT2D eigenvalue weighted by atomic mass is 10.2. The van der Waals surface area contributed by atoms with E-state index in [0.29, 0.717) is 19.4 Å². The number of rotatable bonds is 10. The fourth-order valence-corrected chi connectivity index (χ4v) is 3.36. The van der Waals surface area contributed by atoms with Crippen molar-refractivity contribution in [2.75, 3.05) is 19.8 Å². The first kappa shape index (κ1) is 18.7. The molecule has 4 rings (SSSR count). The molecule has 2 aromatic carbocycles. The average molecular weight is 377 g/mol. The third-order valence-corrected chi connectivity index (χ3v) is 5.06. The van der Waals surface area contributed by atoms with Crippen LogP contribution in [0.15, 0.2) is 54.6 Å². The minimum Gasteiger partial charge on any atom is -0.381 e. The lowest BCUT2D eigenvalue weighted by Gasteiger charge is -2.10. The number of aryl methyl sites for hydroxylation is 1. The highest BCUT2D eigenvalue weighted by Crippen LogP contribution is 2.28. The summed E-state index contributed by atoms with van der Waals surface area (Å²) in [6.45, 7) is 2.27. The van der Waals surface area contributed by atoms with Gasteiger partial charge in [-0.2, -0.15) is 0 Å². The van der Waals surface area contributed by atoms with Crippen molar-refractivity contribution >= 4 is 16.9 Å². The van der Waals surface area contributed by atoms with Gasteiger partial charge in [0.2, 0.25) is 5.91 Å². The highest BCUT2D eigenvalue weighted by atomic mass is 16.5. The molecular weight excluding hydrogens is 350 g/mol. The summed E-state index contributed by atoms with van der Waals surface area (Å²) in [6, 6.07) is 18.3. The predicted octanol–water partition coefficient (Wildman–Crippen LogP) is 3.89. The molecule has 1 heterocycles. The van der Waals surface area contributed by atoms with E-state index in [1.54, 1.807) is 0 Å². The van der Waals surface area contributed by atoms with Crippen molar-refractivity contribution in [2.24, 2.45) is 5.92 Å². The summed E-state index contributed by atoms with van der Waals surface area (Å²) in [4.78, 5) is 17.0. The highest BCUT2D eigenvalue weighted by molar-refractivity contribution is 5.79. The molecule has 0 bridgehead atoms. The molecule has 5 nitrogen and oxygen atoms in total. The van der Waals surface area contributed by atoms with Crippen LogP contribution in [0.3, 0.4) is 0 Å². The van der Waals surface area contributed by atoms with Crippen LogP contribution in [-0.2, 0) is 16.0 Å². The number of nitrogens with zero attached hydrogens (tertiary/aromatic N) is 2. The van der Waals surface area contributed by atoms with Gasteiger partial charge >= 0.3 is 0 Å². The molecule has 1 aliphatic carbocycles. The molecule has 1 amide bonds. The summed E-state index contributed by atoms with van der Waals surface area (Å²) in [6.07, 6.45) is 4.52. The first-order chi connectivity index (χ1) is 13.8. The molecule has 28 heavy (non-hydrogen) atoms. The number of carbonyl (C=O) groups is 1. The number of amides is 1. The Kier molecular flexibility index (Phi) is 6.02. The minimum absolute atomic E-state index is 0.0638. The zero-order valence-electron chi connectivity index (χ0n) is 16.1. The number of aromatic nitrogens is 2. The summed E-state index contributed by atoms with van der Waals surface area (Å²) in [5, 5.41) is 2.99. The number of imidazole rings is 1. The Bertz CT molecular complexity index is 916. The van der Waals surface area contributed by atoms with Crippen molar-refractivity contribution in [2.45, 2.75) is 32.1 Å². The van der Waals surface area contributed by atoms with Gasteiger partial charge in [0.15, 0.2) is 0 Å². The second-order valence-electron chi connectivity index (χ2n) is 7.41. The monoisotopic (exact) mass is 377 g/mol. The molecule has 1 aliphatic rings. The van der Waals surface area contributed by atoms with Gasteiger partial charge in [-0.05, 0) is 49.4 Å². The number of benzene rings is 2. The maximum atomic E-state index is 12.2. The topological polar surface area (TPSA) is 56.2 Å². The van der Waals surface area contributed by atoms with E-state index in [1.807, 2.05) is 36.4 Å². The van der Waals surface area contributed by atoms with Gasteiger partial charge in [0.05, 0.1) is 11.0 Å². The summed E-state index contributed by atoms with van der Waals surface area (Å²) in [5.74, 6) is 1.77. The van der Waals surface area contributed by atoms with Crippen molar-refractivity contribution in [3.05, 3.63) is 60.4 Å². The minimum atomic E-state index is 0.0638. The van der Waals surface area contributed by atoms with E-state index in [2.05, 4.69) is 28.1 Å². The van der Waals surface area contributed by atoms with Crippen molar-refractivity contribution in [1.29, 1.82) is 0 Å². The van der Waals surface area contributed by atoms with Crippen LogP contribution in [0.4, 0.5) is 0 Å². The number of nitrogens with one attached hydrogen (secondary N) is 1. The van der Waals surface area contributed by atoms with Gasteiger partial charge in [-0.15, -0.1) is 0 Å². The zero-order chi connectivity index (χ0) is 19.2. The molecule has 0 atom stereocenters. The van der Waals surface area contributed by atoms with Crippen LogP contribution in [0, 0.1) is 5.92 Å². The maximum absolute atomic E-state index is 12.2. The lowest BCUT2D eigenvalue weighted by molar-refractivity contribution is -0.121. The van der Waals surface area contributed by atoms with Crippen LogP contribution in [0.1, 0.15) is 31.5 Å². The van der Waals surface area contributed by atoms with E-state index in [0.717, 1.165) is 48.1 Å². The molecule has 0 saturated heterocycles. The predicted molar refractivity (Wildman–Crippen MR) is 111 cm³/mol. The summed E-state index contributed by atoms with van der Waals surface area (Å²) in [5.41, 5.74) is 3.09. The molecule has 1 aromatic heterocycles. The Balaban J connectivity index is 1.33. The van der Waals surface area contributed by atoms with Crippen molar-refractivity contribution in [3.63, 3.8) is 0 Å². The Hall–Kier alpha value is -2.66.